The van der Waals surface area contributed by atoms with Crippen molar-refractivity contribution in [2.24, 2.45) is 0 Å². The number of amides is 2. The fraction of sp³-hybridized carbons (Fsp3) is 0.440. The highest BCUT2D eigenvalue weighted by Crippen LogP contribution is 2.40. The largest absolute Gasteiger partial charge is 0.368 e. The second-order valence-electron chi connectivity index (χ2n) is 8.61. The van der Waals surface area contributed by atoms with Gasteiger partial charge in [-0.05, 0) is 56.5 Å². The van der Waals surface area contributed by atoms with E-state index >= 15 is 0 Å². The third kappa shape index (κ3) is 3.54. The van der Waals surface area contributed by atoms with Crippen LogP contribution in [-0.4, -0.2) is 62.0 Å². The van der Waals surface area contributed by atoms with Crippen molar-refractivity contribution >= 4 is 28.9 Å². The molecule has 0 aromatic heterocycles. The van der Waals surface area contributed by atoms with E-state index in [4.69, 9.17) is 0 Å². The topological polar surface area (TPSA) is 47.1 Å². The number of rotatable bonds is 3. The number of piperidine rings is 1. The number of hydrogen-bond acceptors (Lipinski definition) is 4. The first kappa shape index (κ1) is 19.9. The summed E-state index contributed by atoms with van der Waals surface area (Å²) in [6.45, 7) is 6.62. The summed E-state index contributed by atoms with van der Waals surface area (Å²) in [6, 6.07) is 16.2. The van der Waals surface area contributed by atoms with E-state index in [1.165, 1.54) is 5.69 Å². The number of carbonyl (C=O) groups excluding carboxylic acids is 2. The van der Waals surface area contributed by atoms with Gasteiger partial charge in [0, 0.05) is 50.5 Å². The molecule has 6 nitrogen and oxygen atoms in total. The number of benzene rings is 2. The van der Waals surface area contributed by atoms with Gasteiger partial charge in [0.25, 0.3) is 5.91 Å². The maximum atomic E-state index is 13.3. The van der Waals surface area contributed by atoms with Gasteiger partial charge in [0.15, 0.2) is 0 Å². The Hall–Kier alpha value is -3.02. The number of piperazine rings is 1. The molecule has 0 spiro atoms. The van der Waals surface area contributed by atoms with Crippen LogP contribution in [0, 0.1) is 0 Å². The van der Waals surface area contributed by atoms with Gasteiger partial charge >= 0.3 is 0 Å². The molecule has 2 saturated heterocycles. The van der Waals surface area contributed by atoms with Gasteiger partial charge in [0.05, 0.1) is 11.4 Å². The normalized spacial score (nSPS) is 21.1. The van der Waals surface area contributed by atoms with Crippen LogP contribution in [0.5, 0.6) is 0 Å². The Bertz CT molecular complexity index is 969. The van der Waals surface area contributed by atoms with E-state index in [0.29, 0.717) is 25.2 Å². The summed E-state index contributed by atoms with van der Waals surface area (Å²) in [4.78, 5) is 34.7. The maximum Gasteiger partial charge on any atom is 0.254 e. The lowest BCUT2D eigenvalue weighted by atomic mass is 9.95. The molecule has 0 radical (unpaired) electrons. The minimum absolute atomic E-state index is 0.0474. The Kier molecular flexibility index (Phi) is 5.30. The van der Waals surface area contributed by atoms with Crippen LogP contribution in [0.2, 0.25) is 0 Å². The second kappa shape index (κ2) is 8.25. The highest BCUT2D eigenvalue weighted by atomic mass is 16.2. The molecule has 0 bridgehead atoms. The van der Waals surface area contributed by atoms with E-state index < -0.39 is 0 Å². The van der Waals surface area contributed by atoms with Gasteiger partial charge in [-0.3, -0.25) is 9.59 Å². The van der Waals surface area contributed by atoms with Gasteiger partial charge in [-0.15, -0.1) is 0 Å². The lowest BCUT2D eigenvalue weighted by molar-refractivity contribution is -0.120. The molecular formula is C25H30N4O2. The smallest absolute Gasteiger partial charge is 0.254 e. The van der Waals surface area contributed by atoms with E-state index in [1.54, 1.807) is 0 Å². The molecule has 31 heavy (non-hydrogen) atoms. The molecule has 162 valence electrons. The van der Waals surface area contributed by atoms with Crippen LogP contribution in [0.1, 0.15) is 36.5 Å². The van der Waals surface area contributed by atoms with E-state index in [1.807, 2.05) is 47.1 Å². The van der Waals surface area contributed by atoms with Crippen molar-refractivity contribution in [1.82, 2.24) is 4.90 Å². The Morgan fingerprint density at radius 3 is 2.45 bits per heavy atom. The second-order valence-corrected chi connectivity index (χ2v) is 8.61. The first-order valence-corrected chi connectivity index (χ1v) is 11.5. The Labute approximate surface area is 184 Å². The summed E-state index contributed by atoms with van der Waals surface area (Å²) in [5.41, 5.74) is 3.86. The number of likely N-dealkylation sites (N-methyl/N-ethyl adjacent to an activating group) is 1. The molecule has 0 unspecified atom stereocenters. The number of fused-ring (bicyclic) bond motifs is 3. The van der Waals surface area contributed by atoms with Crippen molar-refractivity contribution in [3.8, 4) is 0 Å². The summed E-state index contributed by atoms with van der Waals surface area (Å²) < 4.78 is 0. The van der Waals surface area contributed by atoms with Crippen molar-refractivity contribution in [1.29, 1.82) is 0 Å². The summed E-state index contributed by atoms with van der Waals surface area (Å²) in [5.74, 6) is 0.232. The quantitative estimate of drug-likeness (QED) is 0.767. The monoisotopic (exact) mass is 418 g/mol. The van der Waals surface area contributed by atoms with E-state index in [-0.39, 0.29) is 17.9 Å². The summed E-state index contributed by atoms with van der Waals surface area (Å²) in [5, 5.41) is 0. The highest BCUT2D eigenvalue weighted by Gasteiger charge is 2.39. The van der Waals surface area contributed by atoms with Gasteiger partial charge in [-0.2, -0.15) is 0 Å². The van der Waals surface area contributed by atoms with E-state index in [2.05, 4.69) is 28.0 Å². The maximum absolute atomic E-state index is 13.3. The molecule has 5 rings (SSSR count). The first-order chi connectivity index (χ1) is 15.2. The minimum Gasteiger partial charge on any atom is -0.368 e. The van der Waals surface area contributed by atoms with Gasteiger partial charge < -0.3 is 19.6 Å². The van der Waals surface area contributed by atoms with Crippen LogP contribution in [0.15, 0.2) is 48.5 Å². The van der Waals surface area contributed by atoms with Crippen LogP contribution in [-0.2, 0) is 4.79 Å². The molecule has 3 aliphatic heterocycles. The fourth-order valence-corrected chi connectivity index (χ4v) is 5.21. The molecule has 2 amide bonds. The molecular weight excluding hydrogens is 388 g/mol. The van der Waals surface area contributed by atoms with Crippen LogP contribution in [0.25, 0.3) is 0 Å². The molecule has 3 heterocycles. The number of nitrogens with zero attached hydrogens (tertiary/aromatic N) is 4. The van der Waals surface area contributed by atoms with Crippen molar-refractivity contribution in [3.05, 3.63) is 54.1 Å². The lowest BCUT2D eigenvalue weighted by Gasteiger charge is -2.45. The zero-order valence-corrected chi connectivity index (χ0v) is 18.2. The standard InChI is InChI=1S/C25H30N4O2/c1-2-28-23-18-19(11-12-21(23)29-13-7-6-10-22(29)25(28)31)24(30)27-16-14-26(15-17-27)20-8-4-3-5-9-20/h3-5,8-9,11-12,18,22H,2,6-7,10,13-17H2,1H3/t22-/m1/s1. The van der Waals surface area contributed by atoms with Crippen molar-refractivity contribution in [2.75, 3.05) is 54.0 Å². The number of anilines is 3. The van der Waals surface area contributed by atoms with Gasteiger partial charge in [0.1, 0.15) is 6.04 Å². The third-order valence-electron chi connectivity index (χ3n) is 6.88. The molecule has 6 heteroatoms. The average molecular weight is 419 g/mol. The van der Waals surface area contributed by atoms with Crippen LogP contribution in [0.4, 0.5) is 17.1 Å². The summed E-state index contributed by atoms with van der Waals surface area (Å²) >= 11 is 0. The minimum atomic E-state index is -0.0474. The molecule has 2 aromatic carbocycles. The Balaban J connectivity index is 1.35. The highest BCUT2D eigenvalue weighted by molar-refractivity contribution is 6.07. The average Bonchev–Trinajstić information content (AvgIpc) is 2.84. The molecule has 2 aromatic rings. The number of hydrogen-bond donors (Lipinski definition) is 0. The van der Waals surface area contributed by atoms with E-state index in [0.717, 1.165) is 50.3 Å². The summed E-state index contributed by atoms with van der Waals surface area (Å²) in [7, 11) is 0. The fourth-order valence-electron chi connectivity index (χ4n) is 5.21. The molecule has 1 atom stereocenters. The van der Waals surface area contributed by atoms with E-state index in [9.17, 15) is 9.59 Å². The predicted molar refractivity (Wildman–Crippen MR) is 124 cm³/mol. The van der Waals surface area contributed by atoms with Crippen molar-refractivity contribution in [3.63, 3.8) is 0 Å². The third-order valence-corrected chi connectivity index (χ3v) is 6.88. The number of carbonyl (C=O) groups is 2. The Morgan fingerprint density at radius 2 is 1.71 bits per heavy atom. The Morgan fingerprint density at radius 1 is 0.935 bits per heavy atom. The van der Waals surface area contributed by atoms with Crippen LogP contribution >= 0.6 is 0 Å². The van der Waals surface area contributed by atoms with Gasteiger partial charge in [-0.25, -0.2) is 0 Å². The molecule has 2 fully saturated rings. The van der Waals surface area contributed by atoms with Gasteiger partial charge in [0.2, 0.25) is 5.91 Å². The lowest BCUT2D eigenvalue weighted by Crippen LogP contribution is -2.55. The van der Waals surface area contributed by atoms with Crippen LogP contribution in [0.3, 0.4) is 0 Å². The van der Waals surface area contributed by atoms with Crippen molar-refractivity contribution < 1.29 is 9.59 Å². The molecule has 3 aliphatic rings. The van der Waals surface area contributed by atoms with Crippen LogP contribution < -0.4 is 14.7 Å². The van der Waals surface area contributed by atoms with Gasteiger partial charge in [-0.1, -0.05) is 18.2 Å². The first-order valence-electron chi connectivity index (χ1n) is 11.5. The summed E-state index contributed by atoms with van der Waals surface area (Å²) in [6.07, 6.45) is 3.13. The number of para-hydroxylation sites is 1. The predicted octanol–water partition coefficient (Wildman–Crippen LogP) is 3.37. The zero-order chi connectivity index (χ0) is 21.4. The molecule has 0 saturated carbocycles. The molecule has 0 N–H and O–H groups in total. The zero-order valence-electron chi connectivity index (χ0n) is 18.2. The SMILES string of the molecule is CCN1C(=O)[C@H]2CCCCN2c2ccc(C(=O)N3CCN(c4ccccc4)CC3)cc21. The van der Waals surface area contributed by atoms with Crippen molar-refractivity contribution in [2.45, 2.75) is 32.2 Å². The molecule has 0 aliphatic carbocycles.